The van der Waals surface area contributed by atoms with Gasteiger partial charge in [0, 0.05) is 38.1 Å². The quantitative estimate of drug-likeness (QED) is 0.935. The molecule has 126 valence electrons. The second-order valence-corrected chi connectivity index (χ2v) is 6.10. The Balaban J connectivity index is 1.71. The minimum Gasteiger partial charge on any atom is -0.356 e. The third-order valence-electron chi connectivity index (χ3n) is 4.16. The van der Waals surface area contributed by atoms with E-state index in [4.69, 9.17) is 0 Å². The molecule has 1 fully saturated rings. The Morgan fingerprint density at radius 1 is 1.21 bits per heavy atom. The minimum absolute atomic E-state index is 0.180. The van der Waals surface area contributed by atoms with Gasteiger partial charge in [-0.15, -0.1) is 0 Å². The molecule has 2 aromatic rings. The van der Waals surface area contributed by atoms with Crippen molar-refractivity contribution in [3.8, 4) is 0 Å². The highest BCUT2D eigenvalue weighted by atomic mass is 16.1. The van der Waals surface area contributed by atoms with E-state index in [1.165, 1.54) is 25.7 Å². The number of carbonyl (C=O) groups excluding carboxylic acids is 1. The zero-order valence-corrected chi connectivity index (χ0v) is 14.0. The van der Waals surface area contributed by atoms with Gasteiger partial charge in [0.05, 0.1) is 0 Å². The van der Waals surface area contributed by atoms with Gasteiger partial charge in [-0.25, -0.2) is 9.97 Å². The van der Waals surface area contributed by atoms with E-state index >= 15 is 0 Å². The van der Waals surface area contributed by atoms with Crippen LogP contribution in [0.3, 0.4) is 0 Å². The molecular weight excluding hydrogens is 302 g/mol. The molecule has 0 radical (unpaired) electrons. The van der Waals surface area contributed by atoms with Gasteiger partial charge in [0.1, 0.15) is 17.3 Å². The SMILES string of the molecule is Cc1nc(C(=O)NCc2cccnc2)cc(N2CCCCCC2)n1. The van der Waals surface area contributed by atoms with Gasteiger partial charge in [0.15, 0.2) is 0 Å². The van der Waals surface area contributed by atoms with Crippen molar-refractivity contribution in [3.05, 3.63) is 47.7 Å². The van der Waals surface area contributed by atoms with Crippen molar-refractivity contribution in [1.82, 2.24) is 20.3 Å². The molecule has 0 unspecified atom stereocenters. The van der Waals surface area contributed by atoms with Crippen LogP contribution in [-0.2, 0) is 6.54 Å². The summed E-state index contributed by atoms with van der Waals surface area (Å²) in [5.74, 6) is 1.31. The number of aromatic nitrogens is 3. The van der Waals surface area contributed by atoms with Crippen molar-refractivity contribution in [2.75, 3.05) is 18.0 Å². The lowest BCUT2D eigenvalue weighted by atomic mass is 10.2. The summed E-state index contributed by atoms with van der Waals surface area (Å²) >= 11 is 0. The standard InChI is InChI=1S/C18H23N5O/c1-14-21-16(18(24)20-13-15-7-6-8-19-12-15)11-17(22-14)23-9-4-2-3-5-10-23/h6-8,11-12H,2-5,9-10,13H2,1H3,(H,20,24). The highest BCUT2D eigenvalue weighted by molar-refractivity contribution is 5.92. The zero-order chi connectivity index (χ0) is 16.8. The van der Waals surface area contributed by atoms with E-state index in [9.17, 15) is 4.79 Å². The Hall–Kier alpha value is -2.50. The second-order valence-electron chi connectivity index (χ2n) is 6.10. The van der Waals surface area contributed by atoms with Gasteiger partial charge >= 0.3 is 0 Å². The van der Waals surface area contributed by atoms with Crippen molar-refractivity contribution < 1.29 is 4.79 Å². The van der Waals surface area contributed by atoms with Crippen LogP contribution in [-0.4, -0.2) is 33.9 Å². The molecule has 24 heavy (non-hydrogen) atoms. The van der Waals surface area contributed by atoms with E-state index in [2.05, 4.69) is 25.2 Å². The van der Waals surface area contributed by atoms with Gasteiger partial charge in [-0.1, -0.05) is 18.9 Å². The molecule has 2 aromatic heterocycles. The van der Waals surface area contributed by atoms with Gasteiger partial charge < -0.3 is 10.2 Å². The number of pyridine rings is 1. The van der Waals surface area contributed by atoms with Crippen LogP contribution in [0.5, 0.6) is 0 Å². The highest BCUT2D eigenvalue weighted by Crippen LogP contribution is 2.18. The predicted octanol–water partition coefficient (Wildman–Crippen LogP) is 2.49. The van der Waals surface area contributed by atoms with Crippen molar-refractivity contribution in [1.29, 1.82) is 0 Å². The lowest BCUT2D eigenvalue weighted by Gasteiger charge is -2.22. The second kappa shape index (κ2) is 7.86. The van der Waals surface area contributed by atoms with Crippen LogP contribution in [0.2, 0.25) is 0 Å². The third kappa shape index (κ3) is 4.28. The first-order valence-electron chi connectivity index (χ1n) is 8.50. The molecule has 3 heterocycles. The Bertz CT molecular complexity index is 681. The largest absolute Gasteiger partial charge is 0.356 e. The Kier molecular flexibility index (Phi) is 5.36. The van der Waals surface area contributed by atoms with Gasteiger partial charge in [0.2, 0.25) is 0 Å². The normalized spacial score (nSPS) is 15.0. The maximum atomic E-state index is 12.4. The summed E-state index contributed by atoms with van der Waals surface area (Å²) in [6.07, 6.45) is 8.33. The fourth-order valence-electron chi connectivity index (χ4n) is 2.91. The molecule has 1 N–H and O–H groups in total. The van der Waals surface area contributed by atoms with Gasteiger partial charge in [-0.2, -0.15) is 0 Å². The van der Waals surface area contributed by atoms with Crippen LogP contribution in [0.1, 0.15) is 47.6 Å². The monoisotopic (exact) mass is 325 g/mol. The summed E-state index contributed by atoms with van der Waals surface area (Å²) in [6.45, 7) is 4.26. The molecule has 0 saturated carbocycles. The molecule has 1 aliphatic heterocycles. The molecule has 3 rings (SSSR count). The zero-order valence-electron chi connectivity index (χ0n) is 14.0. The fraction of sp³-hybridized carbons (Fsp3) is 0.444. The van der Waals surface area contributed by atoms with E-state index in [1.54, 1.807) is 18.5 Å². The Labute approximate surface area is 142 Å². The van der Waals surface area contributed by atoms with Crippen molar-refractivity contribution in [3.63, 3.8) is 0 Å². The van der Waals surface area contributed by atoms with E-state index in [-0.39, 0.29) is 5.91 Å². The van der Waals surface area contributed by atoms with Crippen molar-refractivity contribution in [2.24, 2.45) is 0 Å². The number of amides is 1. The maximum absolute atomic E-state index is 12.4. The van der Waals surface area contributed by atoms with E-state index in [0.29, 0.717) is 18.1 Å². The summed E-state index contributed by atoms with van der Waals surface area (Å²) in [7, 11) is 0. The minimum atomic E-state index is -0.180. The fourth-order valence-corrected chi connectivity index (χ4v) is 2.91. The smallest absolute Gasteiger partial charge is 0.270 e. The van der Waals surface area contributed by atoms with Crippen LogP contribution in [0.15, 0.2) is 30.6 Å². The molecule has 1 aliphatic rings. The van der Waals surface area contributed by atoms with Gasteiger partial charge in [0.25, 0.3) is 5.91 Å². The first-order valence-corrected chi connectivity index (χ1v) is 8.50. The number of hydrogen-bond acceptors (Lipinski definition) is 5. The number of rotatable bonds is 4. The number of nitrogens with zero attached hydrogens (tertiary/aromatic N) is 4. The van der Waals surface area contributed by atoms with Gasteiger partial charge in [-0.05, 0) is 31.4 Å². The molecule has 1 saturated heterocycles. The summed E-state index contributed by atoms with van der Waals surface area (Å²) in [5.41, 5.74) is 1.38. The molecule has 0 aromatic carbocycles. The van der Waals surface area contributed by atoms with Crippen LogP contribution in [0, 0.1) is 6.92 Å². The molecule has 0 atom stereocenters. The van der Waals surface area contributed by atoms with Crippen LogP contribution in [0.4, 0.5) is 5.82 Å². The highest BCUT2D eigenvalue weighted by Gasteiger charge is 2.16. The maximum Gasteiger partial charge on any atom is 0.270 e. The van der Waals surface area contributed by atoms with Crippen molar-refractivity contribution >= 4 is 11.7 Å². The van der Waals surface area contributed by atoms with E-state index in [1.807, 2.05) is 19.1 Å². The molecular formula is C18H23N5O. The molecule has 0 bridgehead atoms. The average Bonchev–Trinajstić information content (AvgIpc) is 2.89. The number of aryl methyl sites for hydroxylation is 1. The predicted molar refractivity (Wildman–Crippen MR) is 92.9 cm³/mol. The Morgan fingerprint density at radius 3 is 2.71 bits per heavy atom. The summed E-state index contributed by atoms with van der Waals surface area (Å²) in [5, 5.41) is 2.90. The number of hydrogen-bond donors (Lipinski definition) is 1. The number of nitrogens with one attached hydrogen (secondary N) is 1. The number of carbonyl (C=O) groups is 1. The first-order chi connectivity index (χ1) is 11.7. The molecule has 1 amide bonds. The third-order valence-corrected chi connectivity index (χ3v) is 4.16. The summed E-state index contributed by atoms with van der Waals surface area (Å²) in [6, 6.07) is 5.59. The lowest BCUT2D eigenvalue weighted by molar-refractivity contribution is 0.0945. The average molecular weight is 325 g/mol. The van der Waals surface area contributed by atoms with Crippen LogP contribution in [0.25, 0.3) is 0 Å². The van der Waals surface area contributed by atoms with E-state index < -0.39 is 0 Å². The van der Waals surface area contributed by atoms with Crippen molar-refractivity contribution in [2.45, 2.75) is 39.2 Å². The molecule has 6 heteroatoms. The summed E-state index contributed by atoms with van der Waals surface area (Å²) < 4.78 is 0. The van der Waals surface area contributed by atoms with Crippen LogP contribution < -0.4 is 10.2 Å². The Morgan fingerprint density at radius 2 is 2.00 bits per heavy atom. The first kappa shape index (κ1) is 16.4. The van der Waals surface area contributed by atoms with Crippen LogP contribution >= 0.6 is 0 Å². The lowest BCUT2D eigenvalue weighted by Crippen LogP contribution is -2.28. The number of anilines is 1. The topological polar surface area (TPSA) is 71.0 Å². The molecule has 6 nitrogen and oxygen atoms in total. The molecule has 0 aliphatic carbocycles. The summed E-state index contributed by atoms with van der Waals surface area (Å²) in [4.78, 5) is 27.6. The van der Waals surface area contributed by atoms with E-state index in [0.717, 1.165) is 24.5 Å². The molecule has 0 spiro atoms. The van der Waals surface area contributed by atoms with Gasteiger partial charge in [-0.3, -0.25) is 9.78 Å².